The Labute approximate surface area is 167 Å². The fourth-order valence-corrected chi connectivity index (χ4v) is 4.66. The van der Waals surface area contributed by atoms with Crippen molar-refractivity contribution in [2.24, 2.45) is 0 Å². The number of benzene rings is 3. The van der Waals surface area contributed by atoms with E-state index in [4.69, 9.17) is 0 Å². The van der Waals surface area contributed by atoms with E-state index in [9.17, 15) is 4.39 Å². The van der Waals surface area contributed by atoms with Crippen molar-refractivity contribution >= 4 is 11.4 Å². The van der Waals surface area contributed by atoms with E-state index in [1.165, 1.54) is 28.1 Å². The minimum atomic E-state index is -0.219. The molecule has 0 saturated carbocycles. The van der Waals surface area contributed by atoms with Gasteiger partial charge in [-0.15, -0.1) is 0 Å². The molecular weight excluding hydrogens is 345 g/mol. The number of fused-ring (bicyclic) bond motifs is 3. The molecule has 0 atom stereocenters. The average molecular weight is 374 g/mol. The first kappa shape index (κ1) is 18.7. The molecule has 0 aliphatic heterocycles. The Morgan fingerprint density at radius 3 is 2.21 bits per heavy atom. The molecule has 0 bridgehead atoms. The minimum Gasteiger partial charge on any atom is -0.338 e. The van der Waals surface area contributed by atoms with E-state index in [0.717, 1.165) is 16.7 Å². The van der Waals surface area contributed by atoms with Crippen LogP contribution in [0.15, 0.2) is 54.6 Å². The molecule has 0 heterocycles. The van der Waals surface area contributed by atoms with Crippen molar-refractivity contribution in [2.75, 3.05) is 4.90 Å². The van der Waals surface area contributed by atoms with Gasteiger partial charge in [0.15, 0.2) is 0 Å². The van der Waals surface area contributed by atoms with Crippen LogP contribution in [0.4, 0.5) is 15.8 Å². The first-order valence-electron chi connectivity index (χ1n) is 10.0. The van der Waals surface area contributed by atoms with E-state index in [2.05, 4.69) is 88.9 Å². The van der Waals surface area contributed by atoms with Crippen LogP contribution in [-0.2, 0) is 5.41 Å². The molecule has 1 aliphatic rings. The van der Waals surface area contributed by atoms with Crippen LogP contribution in [0, 0.1) is 19.7 Å². The van der Waals surface area contributed by atoms with Crippen molar-refractivity contribution in [1.29, 1.82) is 0 Å². The Balaban J connectivity index is 1.96. The Bertz CT molecular complexity index is 1060. The first-order valence-corrected chi connectivity index (χ1v) is 10.0. The molecule has 2 heteroatoms. The summed E-state index contributed by atoms with van der Waals surface area (Å²) in [6.07, 6.45) is 0. The molecule has 1 aliphatic carbocycles. The number of hydrogen-bond donors (Lipinski definition) is 0. The molecule has 0 N–H and O–H groups in total. The molecule has 28 heavy (non-hydrogen) atoms. The molecule has 3 aromatic rings. The molecule has 0 radical (unpaired) electrons. The zero-order valence-corrected chi connectivity index (χ0v) is 17.6. The second-order valence-electron chi connectivity index (χ2n) is 8.72. The summed E-state index contributed by atoms with van der Waals surface area (Å²) in [5.74, 6) is -0.129. The number of para-hydroxylation sites is 1. The van der Waals surface area contributed by atoms with E-state index in [-0.39, 0.29) is 11.2 Å². The maximum absolute atomic E-state index is 14.7. The summed E-state index contributed by atoms with van der Waals surface area (Å²) in [4.78, 5) is 2.40. The quantitative estimate of drug-likeness (QED) is 0.466. The van der Waals surface area contributed by atoms with Gasteiger partial charge in [-0.3, -0.25) is 0 Å². The molecule has 0 aromatic heterocycles. The summed E-state index contributed by atoms with van der Waals surface area (Å²) >= 11 is 0. The van der Waals surface area contributed by atoms with E-state index >= 15 is 0 Å². The second kappa shape index (κ2) is 6.48. The minimum absolute atomic E-state index is 0.129. The number of halogens is 1. The summed E-state index contributed by atoms with van der Waals surface area (Å²) in [5.41, 5.74) is 8.70. The molecule has 3 aromatic carbocycles. The van der Waals surface area contributed by atoms with Gasteiger partial charge in [0.25, 0.3) is 0 Å². The third kappa shape index (κ3) is 2.66. The van der Waals surface area contributed by atoms with Gasteiger partial charge in [0.05, 0.1) is 0 Å². The van der Waals surface area contributed by atoms with Crippen LogP contribution in [0.25, 0.3) is 11.1 Å². The highest BCUT2D eigenvalue weighted by molar-refractivity contribution is 5.85. The van der Waals surface area contributed by atoms with Gasteiger partial charge in [0.2, 0.25) is 0 Å². The highest BCUT2D eigenvalue weighted by Crippen LogP contribution is 2.51. The van der Waals surface area contributed by atoms with Crippen molar-refractivity contribution < 1.29 is 4.39 Å². The second-order valence-corrected chi connectivity index (χ2v) is 8.72. The third-order valence-corrected chi connectivity index (χ3v) is 6.12. The predicted octanol–water partition coefficient (Wildman–Crippen LogP) is 7.30. The summed E-state index contributed by atoms with van der Waals surface area (Å²) in [7, 11) is 0. The van der Waals surface area contributed by atoms with Gasteiger partial charge in [0.1, 0.15) is 5.82 Å². The highest BCUT2D eigenvalue weighted by atomic mass is 19.1. The number of nitrogens with zero attached hydrogens (tertiary/aromatic N) is 1. The SMILES string of the molecule is Cc1ccccc1N(c1cc2c(cc1C)-c1c(F)cccc1C2(C)C)C(C)C. The van der Waals surface area contributed by atoms with E-state index in [1.807, 2.05) is 6.07 Å². The van der Waals surface area contributed by atoms with E-state index in [1.54, 1.807) is 6.07 Å². The summed E-state index contributed by atoms with van der Waals surface area (Å²) < 4.78 is 14.7. The Morgan fingerprint density at radius 2 is 1.54 bits per heavy atom. The standard InChI is InChI=1S/C26H28FN/c1-16(2)28(23-13-8-7-10-17(23)3)24-15-21-19(14-18(24)4)25-20(26(21,5)6)11-9-12-22(25)27/h7-16H,1-6H3. The topological polar surface area (TPSA) is 3.24 Å². The Morgan fingerprint density at radius 1 is 0.821 bits per heavy atom. The third-order valence-electron chi connectivity index (χ3n) is 6.12. The monoisotopic (exact) mass is 373 g/mol. The predicted molar refractivity (Wildman–Crippen MR) is 117 cm³/mol. The van der Waals surface area contributed by atoms with Crippen molar-refractivity contribution in [2.45, 2.75) is 53.0 Å². The van der Waals surface area contributed by atoms with Crippen LogP contribution in [0.5, 0.6) is 0 Å². The van der Waals surface area contributed by atoms with E-state index < -0.39 is 0 Å². The van der Waals surface area contributed by atoms with Crippen LogP contribution >= 0.6 is 0 Å². The average Bonchev–Trinajstić information content (AvgIpc) is 2.85. The number of rotatable bonds is 3. The molecule has 0 saturated heterocycles. The van der Waals surface area contributed by atoms with Gasteiger partial charge in [0, 0.05) is 28.4 Å². The van der Waals surface area contributed by atoms with Crippen molar-refractivity contribution in [3.05, 3.63) is 82.7 Å². The summed E-state index contributed by atoms with van der Waals surface area (Å²) in [6, 6.07) is 18.7. The number of aryl methyl sites for hydroxylation is 2. The maximum atomic E-state index is 14.7. The lowest BCUT2D eigenvalue weighted by Crippen LogP contribution is -2.27. The molecule has 144 valence electrons. The molecule has 0 amide bonds. The maximum Gasteiger partial charge on any atom is 0.131 e. The summed E-state index contributed by atoms with van der Waals surface area (Å²) in [6.45, 7) is 13.1. The van der Waals surface area contributed by atoms with Gasteiger partial charge in [-0.2, -0.15) is 0 Å². The largest absolute Gasteiger partial charge is 0.338 e. The molecule has 0 fully saturated rings. The van der Waals surface area contributed by atoms with E-state index in [0.29, 0.717) is 6.04 Å². The molecule has 1 nitrogen and oxygen atoms in total. The zero-order chi connectivity index (χ0) is 20.2. The Kier molecular flexibility index (Phi) is 4.33. The lowest BCUT2D eigenvalue weighted by molar-refractivity contribution is 0.620. The van der Waals surface area contributed by atoms with Gasteiger partial charge in [-0.25, -0.2) is 4.39 Å². The van der Waals surface area contributed by atoms with Gasteiger partial charge >= 0.3 is 0 Å². The van der Waals surface area contributed by atoms with Crippen LogP contribution in [0.3, 0.4) is 0 Å². The molecule has 0 unspecified atom stereocenters. The molecular formula is C26H28FN. The first-order chi connectivity index (χ1) is 13.2. The normalized spacial score (nSPS) is 14.1. The highest BCUT2D eigenvalue weighted by Gasteiger charge is 2.38. The van der Waals surface area contributed by atoms with Crippen LogP contribution in [0.1, 0.15) is 49.9 Å². The van der Waals surface area contributed by atoms with Crippen LogP contribution < -0.4 is 4.90 Å². The summed E-state index contributed by atoms with van der Waals surface area (Å²) in [5, 5.41) is 0. The number of anilines is 2. The fourth-order valence-electron chi connectivity index (χ4n) is 4.66. The van der Waals surface area contributed by atoms with Crippen LogP contribution in [0.2, 0.25) is 0 Å². The lowest BCUT2D eigenvalue weighted by atomic mass is 9.82. The fraction of sp³-hybridized carbons (Fsp3) is 0.308. The van der Waals surface area contributed by atoms with Crippen molar-refractivity contribution in [1.82, 2.24) is 0 Å². The van der Waals surface area contributed by atoms with Gasteiger partial charge in [-0.05, 0) is 79.8 Å². The van der Waals surface area contributed by atoms with Gasteiger partial charge in [-0.1, -0.05) is 44.2 Å². The van der Waals surface area contributed by atoms with Crippen molar-refractivity contribution in [3.8, 4) is 11.1 Å². The van der Waals surface area contributed by atoms with Crippen LogP contribution in [-0.4, -0.2) is 6.04 Å². The lowest BCUT2D eigenvalue weighted by Gasteiger charge is -2.33. The molecule has 0 spiro atoms. The molecule has 4 rings (SSSR count). The van der Waals surface area contributed by atoms with Crippen molar-refractivity contribution in [3.63, 3.8) is 0 Å². The smallest absolute Gasteiger partial charge is 0.131 e. The number of hydrogen-bond acceptors (Lipinski definition) is 1. The van der Waals surface area contributed by atoms with Gasteiger partial charge < -0.3 is 4.90 Å². The zero-order valence-electron chi connectivity index (χ0n) is 17.6. The Hall–Kier alpha value is -2.61.